The molecule has 1 saturated carbocycles. The van der Waals surface area contributed by atoms with Crippen LogP contribution in [0.5, 0.6) is 0 Å². The fourth-order valence-corrected chi connectivity index (χ4v) is 3.72. The third-order valence-electron chi connectivity index (χ3n) is 4.92. The number of pyridine rings is 1. The van der Waals surface area contributed by atoms with Crippen LogP contribution in [0, 0.1) is 6.92 Å². The van der Waals surface area contributed by atoms with Crippen LogP contribution in [0.2, 0.25) is 0 Å². The van der Waals surface area contributed by atoms with Crippen LogP contribution in [-0.4, -0.2) is 16.7 Å². The standard InChI is InChI=1S/C20H23N3/c1-14-6-5-7-15(12-14)19-18-16(13-22-19)10-11-21-20(18)23-17-8-3-2-4-9-17/h5-7,10-12,17H,2-4,8-9,13H2,1H3,(H,21,23). The summed E-state index contributed by atoms with van der Waals surface area (Å²) >= 11 is 0. The van der Waals surface area contributed by atoms with Crippen molar-refractivity contribution in [2.75, 3.05) is 5.32 Å². The van der Waals surface area contributed by atoms with Gasteiger partial charge in [0.2, 0.25) is 0 Å². The molecule has 1 aliphatic carbocycles. The van der Waals surface area contributed by atoms with Gasteiger partial charge < -0.3 is 5.32 Å². The fraction of sp³-hybridized carbons (Fsp3) is 0.400. The maximum Gasteiger partial charge on any atom is 0.135 e. The molecular weight excluding hydrogens is 282 g/mol. The van der Waals surface area contributed by atoms with Crippen molar-refractivity contribution in [1.29, 1.82) is 0 Å². The summed E-state index contributed by atoms with van der Waals surface area (Å²) in [4.78, 5) is 9.46. The first-order valence-corrected chi connectivity index (χ1v) is 8.67. The number of fused-ring (bicyclic) bond motifs is 1. The molecule has 2 aliphatic rings. The van der Waals surface area contributed by atoms with Crippen molar-refractivity contribution in [3.05, 3.63) is 58.8 Å². The Morgan fingerprint density at radius 2 is 1.96 bits per heavy atom. The van der Waals surface area contributed by atoms with Crippen LogP contribution < -0.4 is 5.32 Å². The van der Waals surface area contributed by atoms with Gasteiger partial charge in [-0.2, -0.15) is 0 Å². The maximum absolute atomic E-state index is 4.81. The summed E-state index contributed by atoms with van der Waals surface area (Å²) in [6.07, 6.45) is 8.44. The molecule has 2 heterocycles. The van der Waals surface area contributed by atoms with Crippen molar-refractivity contribution in [3.8, 4) is 0 Å². The average molecular weight is 305 g/mol. The number of benzene rings is 1. The van der Waals surface area contributed by atoms with Gasteiger partial charge in [-0.15, -0.1) is 0 Å². The molecule has 1 fully saturated rings. The topological polar surface area (TPSA) is 37.3 Å². The summed E-state index contributed by atoms with van der Waals surface area (Å²) in [6, 6.07) is 11.3. The monoisotopic (exact) mass is 305 g/mol. The number of aliphatic imine (C=N–C) groups is 1. The second kappa shape index (κ2) is 6.15. The van der Waals surface area contributed by atoms with E-state index in [1.807, 2.05) is 6.20 Å². The highest BCUT2D eigenvalue weighted by molar-refractivity contribution is 6.17. The molecule has 0 atom stereocenters. The minimum absolute atomic E-state index is 0.558. The molecule has 1 aliphatic heterocycles. The molecule has 0 amide bonds. The minimum atomic E-state index is 0.558. The molecule has 4 rings (SSSR count). The SMILES string of the molecule is Cc1cccc(C2=NCc3ccnc(NC4CCCCC4)c32)c1. The summed E-state index contributed by atoms with van der Waals surface area (Å²) in [5.41, 5.74) is 6.06. The number of nitrogens with one attached hydrogen (secondary N) is 1. The van der Waals surface area contributed by atoms with E-state index in [4.69, 9.17) is 4.99 Å². The molecule has 118 valence electrons. The zero-order chi connectivity index (χ0) is 15.6. The molecule has 3 heteroatoms. The molecule has 0 spiro atoms. The molecule has 0 unspecified atom stereocenters. The first-order chi connectivity index (χ1) is 11.3. The van der Waals surface area contributed by atoms with Crippen LogP contribution in [-0.2, 0) is 6.54 Å². The summed E-state index contributed by atoms with van der Waals surface area (Å²) < 4.78 is 0. The zero-order valence-corrected chi connectivity index (χ0v) is 13.7. The van der Waals surface area contributed by atoms with Gasteiger partial charge in [-0.1, -0.05) is 43.0 Å². The van der Waals surface area contributed by atoms with Crippen molar-refractivity contribution in [1.82, 2.24) is 4.98 Å². The fourth-order valence-electron chi connectivity index (χ4n) is 3.72. The van der Waals surface area contributed by atoms with Crippen LogP contribution in [0.4, 0.5) is 5.82 Å². The Balaban J connectivity index is 1.68. The lowest BCUT2D eigenvalue weighted by Crippen LogP contribution is -2.24. The second-order valence-corrected chi connectivity index (χ2v) is 6.71. The lowest BCUT2D eigenvalue weighted by atomic mass is 9.94. The molecule has 1 aromatic heterocycles. The molecule has 3 nitrogen and oxygen atoms in total. The number of rotatable bonds is 3. The van der Waals surface area contributed by atoms with Gasteiger partial charge in [0.1, 0.15) is 5.82 Å². The average Bonchev–Trinajstić information content (AvgIpc) is 3.01. The molecule has 0 saturated heterocycles. The van der Waals surface area contributed by atoms with E-state index in [9.17, 15) is 0 Å². The number of nitrogens with zero attached hydrogens (tertiary/aromatic N) is 2. The summed E-state index contributed by atoms with van der Waals surface area (Å²) in [7, 11) is 0. The first kappa shape index (κ1) is 14.4. The van der Waals surface area contributed by atoms with Crippen molar-refractivity contribution in [2.45, 2.75) is 51.6 Å². The van der Waals surface area contributed by atoms with E-state index in [0.29, 0.717) is 6.04 Å². The molecule has 1 aromatic carbocycles. The minimum Gasteiger partial charge on any atom is -0.367 e. The van der Waals surface area contributed by atoms with Crippen molar-refractivity contribution in [3.63, 3.8) is 0 Å². The van der Waals surface area contributed by atoms with E-state index >= 15 is 0 Å². The van der Waals surface area contributed by atoms with E-state index in [-0.39, 0.29) is 0 Å². The lowest BCUT2D eigenvalue weighted by Gasteiger charge is -2.24. The largest absolute Gasteiger partial charge is 0.367 e. The van der Waals surface area contributed by atoms with Gasteiger partial charge in [-0.25, -0.2) is 4.98 Å². The Labute approximate surface area is 137 Å². The lowest BCUT2D eigenvalue weighted by molar-refractivity contribution is 0.462. The van der Waals surface area contributed by atoms with Crippen LogP contribution in [0.3, 0.4) is 0 Å². The highest BCUT2D eigenvalue weighted by Gasteiger charge is 2.24. The Morgan fingerprint density at radius 1 is 1.09 bits per heavy atom. The molecule has 1 N–H and O–H groups in total. The van der Waals surface area contributed by atoms with E-state index in [2.05, 4.69) is 47.6 Å². The first-order valence-electron chi connectivity index (χ1n) is 8.67. The summed E-state index contributed by atoms with van der Waals surface area (Å²) in [5.74, 6) is 1.02. The van der Waals surface area contributed by atoms with E-state index in [1.165, 1.54) is 54.4 Å². The van der Waals surface area contributed by atoms with Crippen LogP contribution >= 0.6 is 0 Å². The van der Waals surface area contributed by atoms with Crippen LogP contribution in [0.1, 0.15) is 54.4 Å². The van der Waals surface area contributed by atoms with Crippen LogP contribution in [0.25, 0.3) is 0 Å². The summed E-state index contributed by atoms with van der Waals surface area (Å²) in [6.45, 7) is 2.89. The number of hydrogen-bond donors (Lipinski definition) is 1. The van der Waals surface area contributed by atoms with E-state index in [0.717, 1.165) is 18.1 Å². The van der Waals surface area contributed by atoms with Crippen molar-refractivity contribution >= 4 is 11.5 Å². The molecule has 0 radical (unpaired) electrons. The maximum atomic E-state index is 4.81. The van der Waals surface area contributed by atoms with Crippen molar-refractivity contribution in [2.24, 2.45) is 4.99 Å². The predicted molar refractivity (Wildman–Crippen MR) is 95.3 cm³/mol. The normalized spacial score (nSPS) is 17.7. The zero-order valence-electron chi connectivity index (χ0n) is 13.7. The van der Waals surface area contributed by atoms with Gasteiger partial charge in [0, 0.05) is 23.4 Å². The van der Waals surface area contributed by atoms with Gasteiger partial charge in [-0.05, 0) is 37.5 Å². The number of aryl methyl sites for hydroxylation is 1. The molecule has 0 bridgehead atoms. The highest BCUT2D eigenvalue weighted by Crippen LogP contribution is 2.30. The Morgan fingerprint density at radius 3 is 2.78 bits per heavy atom. The molecule has 23 heavy (non-hydrogen) atoms. The Hall–Kier alpha value is -2.16. The molecular formula is C20H23N3. The third-order valence-corrected chi connectivity index (χ3v) is 4.92. The van der Waals surface area contributed by atoms with E-state index in [1.54, 1.807) is 0 Å². The molecule has 2 aromatic rings. The highest BCUT2D eigenvalue weighted by atomic mass is 15.0. The third kappa shape index (κ3) is 2.88. The van der Waals surface area contributed by atoms with Gasteiger partial charge in [0.15, 0.2) is 0 Å². The Bertz CT molecular complexity index is 742. The number of hydrogen-bond acceptors (Lipinski definition) is 3. The second-order valence-electron chi connectivity index (χ2n) is 6.71. The smallest absolute Gasteiger partial charge is 0.135 e. The van der Waals surface area contributed by atoms with E-state index < -0.39 is 0 Å². The predicted octanol–water partition coefficient (Wildman–Crippen LogP) is 4.49. The quantitative estimate of drug-likeness (QED) is 0.907. The Kier molecular flexibility index (Phi) is 3.86. The van der Waals surface area contributed by atoms with Gasteiger partial charge in [0.25, 0.3) is 0 Å². The van der Waals surface area contributed by atoms with Crippen LogP contribution in [0.15, 0.2) is 41.5 Å². The van der Waals surface area contributed by atoms with Gasteiger partial charge in [-0.3, -0.25) is 4.99 Å². The van der Waals surface area contributed by atoms with Gasteiger partial charge >= 0.3 is 0 Å². The number of aromatic nitrogens is 1. The van der Waals surface area contributed by atoms with Crippen molar-refractivity contribution < 1.29 is 0 Å². The number of anilines is 1. The van der Waals surface area contributed by atoms with Gasteiger partial charge in [0.05, 0.1) is 12.3 Å². The summed E-state index contributed by atoms with van der Waals surface area (Å²) in [5, 5.41) is 3.70.